The van der Waals surface area contributed by atoms with Gasteiger partial charge in [-0.1, -0.05) is 13.8 Å². The predicted octanol–water partition coefficient (Wildman–Crippen LogP) is 2.37. The third-order valence-corrected chi connectivity index (χ3v) is 4.67. The van der Waals surface area contributed by atoms with Gasteiger partial charge in [-0.3, -0.25) is 4.79 Å². The third kappa shape index (κ3) is 1.65. The number of allylic oxidation sites excluding steroid dienone is 1. The second-order valence-electron chi connectivity index (χ2n) is 6.71. The van der Waals surface area contributed by atoms with Crippen molar-refractivity contribution in [2.45, 2.75) is 51.6 Å². The number of carbonyl (C=O) groups excluding carboxylic acids is 2. The predicted molar refractivity (Wildman–Crippen MR) is 68.2 cm³/mol. The molecule has 3 aliphatic rings. The molecular formula is C15H20O4. The van der Waals surface area contributed by atoms with Crippen molar-refractivity contribution < 1.29 is 19.1 Å². The van der Waals surface area contributed by atoms with Gasteiger partial charge < -0.3 is 9.47 Å². The highest BCUT2D eigenvalue weighted by Gasteiger charge is 2.61. The molecule has 0 aromatic heterocycles. The lowest BCUT2D eigenvalue weighted by Crippen LogP contribution is -2.42. The van der Waals surface area contributed by atoms with Crippen molar-refractivity contribution in [3.05, 3.63) is 11.3 Å². The molecule has 0 unspecified atom stereocenters. The first-order valence-corrected chi connectivity index (χ1v) is 6.93. The van der Waals surface area contributed by atoms with E-state index in [1.54, 1.807) is 0 Å². The van der Waals surface area contributed by atoms with Gasteiger partial charge in [0.2, 0.25) is 5.60 Å². The number of rotatable bonds is 1. The highest BCUT2D eigenvalue weighted by atomic mass is 16.6. The van der Waals surface area contributed by atoms with E-state index in [2.05, 4.69) is 13.8 Å². The summed E-state index contributed by atoms with van der Waals surface area (Å²) in [6, 6.07) is 0. The summed E-state index contributed by atoms with van der Waals surface area (Å²) in [7, 11) is 1.39. The average Bonchev–Trinajstić information content (AvgIpc) is 2.81. The van der Waals surface area contributed by atoms with Crippen molar-refractivity contribution in [1.82, 2.24) is 0 Å². The molecule has 2 aliphatic carbocycles. The Balaban J connectivity index is 2.01. The van der Waals surface area contributed by atoms with Gasteiger partial charge in [0.25, 0.3) is 0 Å². The minimum atomic E-state index is -0.907. The van der Waals surface area contributed by atoms with Crippen LogP contribution in [0.15, 0.2) is 11.3 Å². The smallest absolute Gasteiger partial charge is 0.350 e. The molecule has 4 nitrogen and oxygen atoms in total. The van der Waals surface area contributed by atoms with Gasteiger partial charge in [-0.2, -0.15) is 0 Å². The van der Waals surface area contributed by atoms with Crippen LogP contribution in [0, 0.1) is 11.3 Å². The summed E-state index contributed by atoms with van der Waals surface area (Å²) in [4.78, 5) is 24.5. The quantitative estimate of drug-likeness (QED) is 0.682. The fourth-order valence-corrected chi connectivity index (χ4v) is 3.91. The number of ether oxygens (including phenoxy) is 2. The zero-order valence-electron chi connectivity index (χ0n) is 11.7. The Morgan fingerprint density at radius 1 is 1.37 bits per heavy atom. The Morgan fingerprint density at radius 2 is 2.11 bits per heavy atom. The number of hydrogen-bond acceptors (Lipinski definition) is 4. The van der Waals surface area contributed by atoms with Gasteiger partial charge in [0.1, 0.15) is 5.76 Å². The Morgan fingerprint density at radius 3 is 2.79 bits per heavy atom. The van der Waals surface area contributed by atoms with E-state index >= 15 is 0 Å². The minimum Gasteiger partial charge on any atom is -0.479 e. The van der Waals surface area contributed by atoms with Crippen LogP contribution in [0.25, 0.3) is 0 Å². The van der Waals surface area contributed by atoms with Crippen LogP contribution in [0.4, 0.5) is 0 Å². The highest BCUT2D eigenvalue weighted by Crippen LogP contribution is 2.55. The maximum Gasteiger partial charge on any atom is 0.350 e. The minimum absolute atomic E-state index is 0.0775. The molecule has 0 aromatic rings. The summed E-state index contributed by atoms with van der Waals surface area (Å²) in [5.74, 6) is 0.494. The second-order valence-corrected chi connectivity index (χ2v) is 6.71. The summed E-state index contributed by atoms with van der Waals surface area (Å²) in [5.41, 5.74) is -0.205. The number of methoxy groups -OCH3 is 1. The van der Waals surface area contributed by atoms with Crippen molar-refractivity contribution in [1.29, 1.82) is 0 Å². The van der Waals surface area contributed by atoms with E-state index in [0.29, 0.717) is 12.8 Å². The van der Waals surface area contributed by atoms with E-state index in [4.69, 9.17) is 9.47 Å². The van der Waals surface area contributed by atoms with Crippen LogP contribution in [0.1, 0.15) is 46.0 Å². The van der Waals surface area contributed by atoms with Crippen LogP contribution in [-0.2, 0) is 19.1 Å². The maximum absolute atomic E-state index is 12.4. The number of ketones is 1. The molecule has 3 rings (SSSR count). The van der Waals surface area contributed by atoms with Gasteiger partial charge in [-0.25, -0.2) is 4.79 Å². The van der Waals surface area contributed by atoms with Crippen molar-refractivity contribution in [3.63, 3.8) is 0 Å². The van der Waals surface area contributed by atoms with Crippen LogP contribution in [0.2, 0.25) is 0 Å². The monoisotopic (exact) mass is 264 g/mol. The van der Waals surface area contributed by atoms with Crippen molar-refractivity contribution in [3.8, 4) is 0 Å². The third-order valence-electron chi connectivity index (χ3n) is 4.67. The molecule has 0 saturated heterocycles. The number of carbonyl (C=O) groups is 2. The first-order chi connectivity index (χ1) is 8.89. The average molecular weight is 264 g/mol. The first kappa shape index (κ1) is 12.7. The van der Waals surface area contributed by atoms with Crippen molar-refractivity contribution in [2.75, 3.05) is 7.11 Å². The van der Waals surface area contributed by atoms with E-state index in [-0.39, 0.29) is 23.1 Å². The highest BCUT2D eigenvalue weighted by molar-refractivity contribution is 6.00. The normalized spacial score (nSPS) is 35.7. The van der Waals surface area contributed by atoms with E-state index in [9.17, 15) is 9.59 Å². The summed E-state index contributed by atoms with van der Waals surface area (Å²) < 4.78 is 11.0. The van der Waals surface area contributed by atoms with Gasteiger partial charge >= 0.3 is 5.97 Å². The number of hydrogen-bond donors (Lipinski definition) is 0. The Kier molecular flexibility index (Phi) is 2.57. The summed E-state index contributed by atoms with van der Waals surface area (Å²) in [6.45, 7) is 4.13. The molecule has 1 fully saturated rings. The van der Waals surface area contributed by atoms with E-state index in [1.807, 2.05) is 0 Å². The molecule has 0 N–H and O–H groups in total. The topological polar surface area (TPSA) is 52.6 Å². The number of esters is 1. The molecule has 1 heterocycles. The van der Waals surface area contributed by atoms with Crippen LogP contribution in [0.5, 0.6) is 0 Å². The molecule has 0 radical (unpaired) electrons. The Bertz CT molecular complexity index is 488. The molecule has 0 spiro atoms. The largest absolute Gasteiger partial charge is 0.479 e. The van der Waals surface area contributed by atoms with E-state index < -0.39 is 5.60 Å². The molecular weight excluding hydrogens is 244 g/mol. The van der Waals surface area contributed by atoms with Crippen molar-refractivity contribution in [2.24, 2.45) is 11.3 Å². The van der Waals surface area contributed by atoms with Gasteiger partial charge in [0, 0.05) is 24.3 Å². The number of fused-ring (bicyclic) bond motifs is 2. The lowest BCUT2D eigenvalue weighted by molar-refractivity contribution is -0.164. The molecule has 2 atom stereocenters. The SMILES string of the molecule is COC(=O)[C@]12CCC[C@H]1C1=C(CC(C)(C)CC1=O)O2. The number of Topliss-reactive ketones (excluding diaryl/α,β-unsaturated/α-hetero) is 1. The van der Waals surface area contributed by atoms with Crippen molar-refractivity contribution >= 4 is 11.8 Å². The van der Waals surface area contributed by atoms with E-state index in [1.165, 1.54) is 7.11 Å². The molecule has 0 aromatic carbocycles. The van der Waals surface area contributed by atoms with Gasteiger partial charge in [0.15, 0.2) is 5.78 Å². The molecule has 1 saturated carbocycles. The van der Waals surface area contributed by atoms with Gasteiger partial charge in [-0.15, -0.1) is 0 Å². The van der Waals surface area contributed by atoms with Gasteiger partial charge in [-0.05, 0) is 24.7 Å². The van der Waals surface area contributed by atoms with Gasteiger partial charge in [0.05, 0.1) is 7.11 Å². The van der Waals surface area contributed by atoms with Crippen LogP contribution in [-0.4, -0.2) is 24.5 Å². The molecule has 0 bridgehead atoms. The maximum atomic E-state index is 12.4. The zero-order valence-corrected chi connectivity index (χ0v) is 11.7. The molecule has 0 amide bonds. The summed E-state index contributed by atoms with van der Waals surface area (Å²) in [6.07, 6.45) is 3.70. The van der Waals surface area contributed by atoms with Crippen LogP contribution in [0.3, 0.4) is 0 Å². The summed E-state index contributed by atoms with van der Waals surface area (Å²) in [5, 5.41) is 0. The first-order valence-electron chi connectivity index (χ1n) is 6.93. The standard InChI is InChI=1S/C15H20O4/c1-14(2)7-10(16)12-9-5-4-6-15(9,13(17)18-3)19-11(12)8-14/h9H,4-8H2,1-3H3/t9-,15-/m0/s1. The Hall–Kier alpha value is -1.32. The fraction of sp³-hybridized carbons (Fsp3) is 0.733. The van der Waals surface area contributed by atoms with Crippen LogP contribution < -0.4 is 0 Å². The molecule has 19 heavy (non-hydrogen) atoms. The van der Waals surface area contributed by atoms with Crippen LogP contribution >= 0.6 is 0 Å². The molecule has 104 valence electrons. The Labute approximate surface area is 113 Å². The molecule has 4 heteroatoms. The zero-order chi connectivity index (χ0) is 13.8. The van der Waals surface area contributed by atoms with E-state index in [0.717, 1.165) is 30.6 Å². The molecule has 1 aliphatic heterocycles. The summed E-state index contributed by atoms with van der Waals surface area (Å²) >= 11 is 0. The second kappa shape index (κ2) is 3.84. The lowest BCUT2D eigenvalue weighted by atomic mass is 9.73. The lowest BCUT2D eigenvalue weighted by Gasteiger charge is -2.29. The fourth-order valence-electron chi connectivity index (χ4n) is 3.91.